The maximum Gasteiger partial charge on any atom is 0.285 e. The summed E-state index contributed by atoms with van der Waals surface area (Å²) >= 11 is 0. The average molecular weight is 411 g/mol. The fraction of sp³-hybridized carbons (Fsp3) is 0.368. The number of imidazole rings is 1. The van der Waals surface area contributed by atoms with Crippen LogP contribution >= 0.6 is 0 Å². The van der Waals surface area contributed by atoms with Gasteiger partial charge in [-0.25, -0.2) is 15.0 Å². The molecule has 10 heteroatoms. The van der Waals surface area contributed by atoms with Gasteiger partial charge in [0.1, 0.15) is 11.2 Å². The van der Waals surface area contributed by atoms with Crippen LogP contribution in [0, 0.1) is 0 Å². The van der Waals surface area contributed by atoms with Crippen LogP contribution in [-0.2, 0) is 17.1 Å². The summed E-state index contributed by atoms with van der Waals surface area (Å²) in [7, 11) is 0.241. The highest BCUT2D eigenvalue weighted by molar-refractivity contribution is 7.90. The van der Waals surface area contributed by atoms with E-state index < -0.39 is 10.0 Å². The van der Waals surface area contributed by atoms with Crippen LogP contribution in [0.5, 0.6) is 0 Å². The van der Waals surface area contributed by atoms with Crippen molar-refractivity contribution in [1.82, 2.24) is 24.4 Å². The third-order valence-electron chi connectivity index (χ3n) is 5.74. The zero-order chi connectivity index (χ0) is 20.2. The van der Waals surface area contributed by atoms with Gasteiger partial charge >= 0.3 is 0 Å². The maximum absolute atomic E-state index is 12.4. The summed E-state index contributed by atoms with van der Waals surface area (Å²) in [6, 6.07) is 7.22. The van der Waals surface area contributed by atoms with Crippen LogP contribution in [0.4, 0.5) is 5.82 Å². The minimum absolute atomic E-state index is 0.201. The molecule has 150 valence electrons. The minimum Gasteiger partial charge on any atom is -0.355 e. The molecule has 0 radical (unpaired) electrons. The van der Waals surface area contributed by atoms with E-state index in [1.807, 2.05) is 35.7 Å². The monoisotopic (exact) mass is 411 g/mol. The molecule has 1 aromatic carbocycles. The summed E-state index contributed by atoms with van der Waals surface area (Å²) in [6.45, 7) is 1.61. The molecule has 2 aromatic heterocycles. The molecule has 0 N–H and O–H groups in total. The fourth-order valence-corrected chi connectivity index (χ4v) is 5.39. The maximum atomic E-state index is 12.4. The van der Waals surface area contributed by atoms with Crippen LogP contribution in [-0.4, -0.2) is 64.9 Å². The van der Waals surface area contributed by atoms with Crippen LogP contribution in [0.25, 0.3) is 11.2 Å². The molecular weight excluding hydrogens is 390 g/mol. The normalized spacial score (nSPS) is 18.7. The largest absolute Gasteiger partial charge is 0.355 e. The molecule has 29 heavy (non-hydrogen) atoms. The molecule has 1 saturated heterocycles. The number of benzene rings is 1. The Morgan fingerprint density at radius 2 is 1.86 bits per heavy atom. The zero-order valence-electron chi connectivity index (χ0n) is 16.2. The molecule has 0 aliphatic carbocycles. The molecule has 0 spiro atoms. The molecule has 0 atom stereocenters. The Morgan fingerprint density at radius 3 is 2.66 bits per heavy atom. The highest BCUT2D eigenvalue weighted by atomic mass is 32.2. The second-order valence-electron chi connectivity index (χ2n) is 7.44. The lowest BCUT2D eigenvalue weighted by Gasteiger charge is -2.38. The lowest BCUT2D eigenvalue weighted by molar-refractivity contribution is 0.306. The number of rotatable bonds is 2. The number of aromatic nitrogens is 4. The van der Waals surface area contributed by atoms with E-state index in [1.165, 1.54) is 0 Å². The molecule has 0 unspecified atom stereocenters. The van der Waals surface area contributed by atoms with Crippen LogP contribution in [0.2, 0.25) is 0 Å². The Morgan fingerprint density at radius 1 is 1.10 bits per heavy atom. The van der Waals surface area contributed by atoms with Gasteiger partial charge in [0, 0.05) is 38.8 Å². The Bertz CT molecular complexity index is 1230. The number of anilines is 1. The van der Waals surface area contributed by atoms with Gasteiger partial charge in [0.15, 0.2) is 22.8 Å². The fourth-order valence-electron chi connectivity index (χ4n) is 4.15. The van der Waals surface area contributed by atoms with Gasteiger partial charge in [0.25, 0.3) is 10.0 Å². The van der Waals surface area contributed by atoms with Gasteiger partial charge in [-0.05, 0) is 25.0 Å². The van der Waals surface area contributed by atoms with Gasteiger partial charge < -0.3 is 14.4 Å². The third kappa shape index (κ3) is 2.86. The summed E-state index contributed by atoms with van der Waals surface area (Å²) in [4.78, 5) is 17.7. The van der Waals surface area contributed by atoms with Gasteiger partial charge in [0.2, 0.25) is 0 Å². The predicted molar refractivity (Wildman–Crippen MR) is 109 cm³/mol. The van der Waals surface area contributed by atoms with Crippen LogP contribution in [0.15, 0.2) is 46.2 Å². The second-order valence-corrected chi connectivity index (χ2v) is 9.01. The van der Waals surface area contributed by atoms with E-state index in [-0.39, 0.29) is 10.9 Å². The van der Waals surface area contributed by atoms with E-state index in [4.69, 9.17) is 0 Å². The number of hydrogen-bond acceptors (Lipinski definition) is 7. The summed E-state index contributed by atoms with van der Waals surface area (Å²) in [5.41, 5.74) is 2.31. The number of piperidine rings is 1. The van der Waals surface area contributed by atoms with Crippen molar-refractivity contribution in [1.29, 1.82) is 0 Å². The number of aryl methyl sites for hydroxylation is 1. The minimum atomic E-state index is -3.61. The van der Waals surface area contributed by atoms with E-state index in [0.717, 1.165) is 42.9 Å². The van der Waals surface area contributed by atoms with Crippen molar-refractivity contribution in [3.8, 4) is 0 Å². The van der Waals surface area contributed by atoms with E-state index in [1.54, 1.807) is 24.8 Å². The summed E-state index contributed by atoms with van der Waals surface area (Å²) < 4.78 is 30.7. The van der Waals surface area contributed by atoms with Crippen molar-refractivity contribution in [3.63, 3.8) is 0 Å². The highest BCUT2D eigenvalue weighted by Gasteiger charge is 2.34. The smallest absolute Gasteiger partial charge is 0.285 e. The molecule has 2 aliphatic heterocycles. The molecule has 9 nitrogen and oxygen atoms in total. The SMILES string of the molecule is CN(C1=NS(=O)(=O)c2ccccc21)C1CCN(c2ncnc3c2ncn3C)CC1. The first-order valence-electron chi connectivity index (χ1n) is 9.50. The second kappa shape index (κ2) is 6.51. The van der Waals surface area contributed by atoms with Gasteiger partial charge in [-0.2, -0.15) is 8.42 Å². The van der Waals surface area contributed by atoms with E-state index >= 15 is 0 Å². The quantitative estimate of drug-likeness (QED) is 0.629. The summed E-state index contributed by atoms with van der Waals surface area (Å²) in [6.07, 6.45) is 5.07. The van der Waals surface area contributed by atoms with Crippen molar-refractivity contribution in [3.05, 3.63) is 42.5 Å². The number of hydrogen-bond donors (Lipinski definition) is 0. The lowest BCUT2D eigenvalue weighted by atomic mass is 10.0. The van der Waals surface area contributed by atoms with Crippen LogP contribution in [0.1, 0.15) is 18.4 Å². The molecule has 1 fully saturated rings. The Balaban J connectivity index is 1.36. The van der Waals surface area contributed by atoms with Gasteiger partial charge in [-0.3, -0.25) is 0 Å². The molecule has 2 aliphatic rings. The first kappa shape index (κ1) is 18.0. The van der Waals surface area contributed by atoms with Gasteiger partial charge in [-0.15, -0.1) is 4.40 Å². The Labute approximate surface area is 168 Å². The Hall–Kier alpha value is -3.01. The van der Waals surface area contributed by atoms with Crippen molar-refractivity contribution in [2.45, 2.75) is 23.8 Å². The van der Waals surface area contributed by atoms with Crippen LogP contribution < -0.4 is 4.90 Å². The Kier molecular flexibility index (Phi) is 4.05. The molecule has 0 bridgehead atoms. The average Bonchev–Trinajstić information content (AvgIpc) is 3.25. The van der Waals surface area contributed by atoms with E-state index in [2.05, 4.69) is 24.2 Å². The number of nitrogens with zero attached hydrogens (tertiary/aromatic N) is 7. The number of sulfonamides is 1. The highest BCUT2D eigenvalue weighted by Crippen LogP contribution is 2.30. The summed E-state index contributed by atoms with van der Waals surface area (Å²) in [5, 5.41) is 0. The lowest BCUT2D eigenvalue weighted by Crippen LogP contribution is -2.46. The standard InChI is InChI=1S/C19H21N7O2S/c1-24-12-22-16-18(24)20-11-21-19(16)26-9-7-13(8-10-26)25(2)17-14-5-3-4-6-15(14)29(27,28)23-17/h3-6,11-13H,7-10H2,1-2H3. The molecule has 3 aromatic rings. The number of amidine groups is 1. The van der Waals surface area contributed by atoms with Crippen molar-refractivity contribution < 1.29 is 8.42 Å². The van der Waals surface area contributed by atoms with E-state index in [9.17, 15) is 8.42 Å². The third-order valence-corrected chi connectivity index (χ3v) is 7.06. The topological polar surface area (TPSA) is 96.6 Å². The first-order chi connectivity index (χ1) is 14.0. The van der Waals surface area contributed by atoms with Crippen molar-refractivity contribution >= 4 is 32.8 Å². The van der Waals surface area contributed by atoms with Gasteiger partial charge in [0.05, 0.1) is 6.33 Å². The predicted octanol–water partition coefficient (Wildman–Crippen LogP) is 1.41. The summed E-state index contributed by atoms with van der Waals surface area (Å²) in [5.74, 6) is 1.39. The zero-order valence-corrected chi connectivity index (χ0v) is 17.0. The number of fused-ring (bicyclic) bond motifs is 2. The molecule has 0 amide bonds. The van der Waals surface area contributed by atoms with Crippen LogP contribution in [0.3, 0.4) is 0 Å². The van der Waals surface area contributed by atoms with Crippen molar-refractivity contribution in [2.24, 2.45) is 11.4 Å². The molecule has 5 rings (SSSR count). The first-order valence-corrected chi connectivity index (χ1v) is 10.9. The molecular formula is C19H21N7O2S. The molecule has 0 saturated carbocycles. The van der Waals surface area contributed by atoms with Gasteiger partial charge in [-0.1, -0.05) is 12.1 Å². The van der Waals surface area contributed by atoms with Crippen molar-refractivity contribution in [2.75, 3.05) is 25.0 Å². The van der Waals surface area contributed by atoms with E-state index in [0.29, 0.717) is 11.4 Å². The molecule has 4 heterocycles.